The highest BCUT2D eigenvalue weighted by atomic mass is 16.2. The van der Waals surface area contributed by atoms with E-state index in [0.29, 0.717) is 5.56 Å². The van der Waals surface area contributed by atoms with Crippen molar-refractivity contribution in [3.63, 3.8) is 0 Å². The van der Waals surface area contributed by atoms with Gasteiger partial charge in [-0.1, -0.05) is 44.2 Å². The van der Waals surface area contributed by atoms with Gasteiger partial charge in [-0.3, -0.25) is 14.4 Å². The fraction of sp³-hybridized carbons (Fsp3) is 0.357. The summed E-state index contributed by atoms with van der Waals surface area (Å²) in [6.45, 7) is 4.67. The van der Waals surface area contributed by atoms with Crippen molar-refractivity contribution >= 4 is 17.3 Å². The van der Waals surface area contributed by atoms with Crippen LogP contribution >= 0.6 is 0 Å². The van der Waals surface area contributed by atoms with Gasteiger partial charge in [-0.25, -0.2) is 0 Å². The molecule has 0 heterocycles. The van der Waals surface area contributed by atoms with Crippen molar-refractivity contribution in [1.82, 2.24) is 0 Å². The zero-order chi connectivity index (χ0) is 13.0. The number of rotatable bonds is 5. The van der Waals surface area contributed by atoms with Crippen LogP contribution in [-0.4, -0.2) is 17.3 Å². The van der Waals surface area contributed by atoms with Gasteiger partial charge in [0.1, 0.15) is 11.7 Å². The summed E-state index contributed by atoms with van der Waals surface area (Å²) in [5.74, 6) is -2.59. The van der Waals surface area contributed by atoms with Crippen molar-refractivity contribution < 1.29 is 14.4 Å². The lowest BCUT2D eigenvalue weighted by Crippen LogP contribution is -2.33. The Balaban J connectivity index is 3.05. The summed E-state index contributed by atoms with van der Waals surface area (Å²) >= 11 is 0. The van der Waals surface area contributed by atoms with Gasteiger partial charge in [-0.2, -0.15) is 0 Å². The number of carbonyl (C=O) groups excluding carboxylic acids is 3. The Morgan fingerprint density at radius 3 is 1.94 bits per heavy atom. The molecule has 0 bridgehead atoms. The molecule has 1 unspecified atom stereocenters. The van der Waals surface area contributed by atoms with Gasteiger partial charge in [-0.05, 0) is 6.92 Å². The van der Waals surface area contributed by atoms with Crippen LogP contribution in [0.4, 0.5) is 0 Å². The zero-order valence-corrected chi connectivity index (χ0v) is 10.3. The van der Waals surface area contributed by atoms with E-state index < -0.39 is 17.5 Å². The second-order valence-corrected chi connectivity index (χ2v) is 4.33. The predicted molar refractivity (Wildman–Crippen MR) is 64.8 cm³/mol. The average molecular weight is 232 g/mol. The van der Waals surface area contributed by atoms with Gasteiger partial charge in [0, 0.05) is 11.5 Å². The molecule has 0 aliphatic rings. The van der Waals surface area contributed by atoms with Crippen LogP contribution in [0, 0.1) is 11.8 Å². The summed E-state index contributed by atoms with van der Waals surface area (Å²) in [6, 6.07) is 8.44. The molecule has 0 aliphatic heterocycles. The Bertz CT molecular complexity index is 432. The predicted octanol–water partition coefficient (Wildman–Crippen LogP) is 2.30. The number of benzene rings is 1. The summed E-state index contributed by atoms with van der Waals surface area (Å²) in [7, 11) is 0. The summed E-state index contributed by atoms with van der Waals surface area (Å²) < 4.78 is 0. The van der Waals surface area contributed by atoms with E-state index in [1.165, 1.54) is 6.92 Å². The SMILES string of the molecule is CC(=O)C(C(=O)c1ccccc1)C(=O)C(C)C. The molecule has 0 saturated heterocycles. The van der Waals surface area contributed by atoms with Gasteiger partial charge in [0.05, 0.1) is 0 Å². The van der Waals surface area contributed by atoms with Crippen LogP contribution < -0.4 is 0 Å². The molecule has 0 fully saturated rings. The Kier molecular flexibility index (Phi) is 4.32. The summed E-state index contributed by atoms with van der Waals surface area (Å²) in [5, 5.41) is 0. The van der Waals surface area contributed by atoms with Crippen LogP contribution in [0.15, 0.2) is 30.3 Å². The number of ketones is 3. The molecule has 3 heteroatoms. The smallest absolute Gasteiger partial charge is 0.180 e. The van der Waals surface area contributed by atoms with E-state index in [1.807, 2.05) is 0 Å². The lowest BCUT2D eigenvalue weighted by atomic mass is 9.86. The van der Waals surface area contributed by atoms with Crippen molar-refractivity contribution in [3.05, 3.63) is 35.9 Å². The number of carbonyl (C=O) groups is 3. The second kappa shape index (κ2) is 5.53. The molecule has 0 aliphatic carbocycles. The van der Waals surface area contributed by atoms with E-state index in [9.17, 15) is 14.4 Å². The van der Waals surface area contributed by atoms with Gasteiger partial charge < -0.3 is 0 Å². The first kappa shape index (κ1) is 13.3. The normalized spacial score (nSPS) is 12.2. The highest BCUT2D eigenvalue weighted by Crippen LogP contribution is 2.15. The third-order valence-corrected chi connectivity index (χ3v) is 2.58. The fourth-order valence-electron chi connectivity index (χ4n) is 1.62. The molecular weight excluding hydrogens is 216 g/mol. The molecule has 0 amide bonds. The largest absolute Gasteiger partial charge is 0.299 e. The molecule has 0 saturated carbocycles. The number of hydrogen-bond acceptors (Lipinski definition) is 3. The molecule has 1 rings (SSSR count). The Hall–Kier alpha value is -1.77. The van der Waals surface area contributed by atoms with Gasteiger partial charge in [-0.15, -0.1) is 0 Å². The van der Waals surface area contributed by atoms with Gasteiger partial charge in [0.25, 0.3) is 0 Å². The van der Waals surface area contributed by atoms with Crippen LogP contribution in [0.2, 0.25) is 0 Å². The molecule has 0 N–H and O–H groups in total. The maximum atomic E-state index is 12.1. The molecule has 90 valence electrons. The van der Waals surface area contributed by atoms with Crippen LogP contribution in [-0.2, 0) is 9.59 Å². The topological polar surface area (TPSA) is 51.2 Å². The molecular formula is C14H16O3. The monoisotopic (exact) mass is 232 g/mol. The Morgan fingerprint density at radius 2 is 1.53 bits per heavy atom. The molecule has 1 aromatic carbocycles. The minimum absolute atomic E-state index is 0.314. The van der Waals surface area contributed by atoms with E-state index in [1.54, 1.807) is 44.2 Å². The van der Waals surface area contributed by atoms with Crippen molar-refractivity contribution in [2.24, 2.45) is 11.8 Å². The molecule has 3 nitrogen and oxygen atoms in total. The number of Topliss-reactive ketones (excluding diaryl/α,β-unsaturated/α-hetero) is 3. The summed E-state index contributed by atoms with van der Waals surface area (Å²) in [5.41, 5.74) is 0.404. The second-order valence-electron chi connectivity index (χ2n) is 4.33. The minimum atomic E-state index is -1.16. The average Bonchev–Trinajstić information content (AvgIpc) is 2.29. The lowest BCUT2D eigenvalue weighted by Gasteiger charge is -2.13. The Morgan fingerprint density at radius 1 is 1.00 bits per heavy atom. The van der Waals surface area contributed by atoms with E-state index >= 15 is 0 Å². The standard InChI is InChI=1S/C14H16O3/c1-9(2)13(16)12(10(3)15)14(17)11-7-5-4-6-8-11/h4-9,12H,1-3H3. The van der Waals surface area contributed by atoms with Gasteiger partial charge in [0.2, 0.25) is 0 Å². The zero-order valence-electron chi connectivity index (χ0n) is 10.3. The molecule has 1 aromatic rings. The van der Waals surface area contributed by atoms with Crippen LogP contribution in [0.5, 0.6) is 0 Å². The maximum Gasteiger partial charge on any atom is 0.180 e. The molecule has 17 heavy (non-hydrogen) atoms. The maximum absolute atomic E-state index is 12.1. The first-order chi connectivity index (χ1) is 7.95. The fourth-order valence-corrected chi connectivity index (χ4v) is 1.62. The van der Waals surface area contributed by atoms with Crippen molar-refractivity contribution in [2.75, 3.05) is 0 Å². The van der Waals surface area contributed by atoms with Crippen molar-refractivity contribution in [3.8, 4) is 0 Å². The highest BCUT2D eigenvalue weighted by Gasteiger charge is 2.32. The van der Waals surface area contributed by atoms with Crippen LogP contribution in [0.3, 0.4) is 0 Å². The molecule has 0 radical (unpaired) electrons. The van der Waals surface area contributed by atoms with Gasteiger partial charge >= 0.3 is 0 Å². The van der Waals surface area contributed by atoms with Gasteiger partial charge in [0.15, 0.2) is 11.6 Å². The summed E-state index contributed by atoms with van der Waals surface area (Å²) in [6.07, 6.45) is 0. The summed E-state index contributed by atoms with van der Waals surface area (Å²) in [4.78, 5) is 35.4. The van der Waals surface area contributed by atoms with Crippen molar-refractivity contribution in [2.45, 2.75) is 20.8 Å². The van der Waals surface area contributed by atoms with Crippen LogP contribution in [0.1, 0.15) is 31.1 Å². The van der Waals surface area contributed by atoms with E-state index in [2.05, 4.69) is 0 Å². The van der Waals surface area contributed by atoms with E-state index in [-0.39, 0.29) is 11.7 Å². The third-order valence-electron chi connectivity index (χ3n) is 2.58. The Labute approximate surface area is 101 Å². The molecule has 1 atom stereocenters. The van der Waals surface area contributed by atoms with E-state index in [0.717, 1.165) is 0 Å². The quantitative estimate of drug-likeness (QED) is 0.578. The van der Waals surface area contributed by atoms with E-state index in [4.69, 9.17) is 0 Å². The first-order valence-corrected chi connectivity index (χ1v) is 5.58. The van der Waals surface area contributed by atoms with Crippen molar-refractivity contribution in [1.29, 1.82) is 0 Å². The molecule has 0 spiro atoms. The first-order valence-electron chi connectivity index (χ1n) is 5.58. The lowest BCUT2D eigenvalue weighted by molar-refractivity contribution is -0.131. The minimum Gasteiger partial charge on any atom is -0.299 e. The molecule has 0 aromatic heterocycles. The highest BCUT2D eigenvalue weighted by molar-refractivity contribution is 6.23. The number of hydrogen-bond donors (Lipinski definition) is 0. The van der Waals surface area contributed by atoms with Crippen LogP contribution in [0.25, 0.3) is 0 Å². The third kappa shape index (κ3) is 3.09.